The van der Waals surface area contributed by atoms with Crippen LogP contribution in [0.25, 0.3) is 11.0 Å². The molecule has 114 valence electrons. The molecular weight excluding hydrogens is 264 g/mol. The maximum atomic E-state index is 10.5. The first-order valence-corrected chi connectivity index (χ1v) is 7.60. The van der Waals surface area contributed by atoms with Crippen LogP contribution in [0, 0.1) is 6.92 Å². The van der Waals surface area contributed by atoms with Gasteiger partial charge in [0.05, 0.1) is 0 Å². The maximum Gasteiger partial charge on any atom is 0.137 e. The van der Waals surface area contributed by atoms with Gasteiger partial charge in [0.1, 0.15) is 17.4 Å². The van der Waals surface area contributed by atoms with Crippen LogP contribution in [0.1, 0.15) is 23.8 Å². The van der Waals surface area contributed by atoms with E-state index in [1.165, 1.54) is 0 Å². The van der Waals surface area contributed by atoms with Crippen LogP contribution in [0.4, 0.5) is 0 Å². The fourth-order valence-electron chi connectivity index (χ4n) is 3.12. The van der Waals surface area contributed by atoms with Crippen LogP contribution in [0.3, 0.4) is 0 Å². The highest BCUT2D eigenvalue weighted by Crippen LogP contribution is 2.29. The van der Waals surface area contributed by atoms with Crippen LogP contribution in [-0.4, -0.2) is 54.7 Å². The Labute approximate surface area is 125 Å². The molecule has 4 nitrogen and oxygen atoms in total. The Kier molecular flexibility index (Phi) is 4.02. The molecule has 2 heterocycles. The fraction of sp³-hybridized carbons (Fsp3) is 0.529. The van der Waals surface area contributed by atoms with Gasteiger partial charge in [0.25, 0.3) is 0 Å². The van der Waals surface area contributed by atoms with E-state index in [2.05, 4.69) is 23.9 Å². The second-order valence-corrected chi connectivity index (χ2v) is 6.29. The van der Waals surface area contributed by atoms with Gasteiger partial charge in [-0.2, -0.15) is 0 Å². The van der Waals surface area contributed by atoms with Gasteiger partial charge in [-0.25, -0.2) is 0 Å². The standard InChI is InChI=1S/C17H24N2O2/c1-12-5-4-6-13-9-16(21-17(12)13)15(20)10-14-11-18(2)7-8-19(14)3/h4-6,9,14-15,20H,7-8,10-11H2,1-3H3. The Morgan fingerprint density at radius 1 is 1.33 bits per heavy atom. The van der Waals surface area contributed by atoms with Crippen molar-refractivity contribution in [3.63, 3.8) is 0 Å². The fourth-order valence-corrected chi connectivity index (χ4v) is 3.12. The Bertz CT molecular complexity index is 622. The van der Waals surface area contributed by atoms with Crippen LogP contribution < -0.4 is 0 Å². The summed E-state index contributed by atoms with van der Waals surface area (Å²) in [4.78, 5) is 4.65. The average molecular weight is 288 g/mol. The third-order valence-corrected chi connectivity index (χ3v) is 4.56. The van der Waals surface area contributed by atoms with Crippen molar-refractivity contribution in [1.82, 2.24) is 9.80 Å². The molecule has 0 aliphatic carbocycles. The van der Waals surface area contributed by atoms with Gasteiger partial charge < -0.3 is 19.3 Å². The minimum atomic E-state index is -0.546. The normalized spacial score (nSPS) is 22.8. The molecule has 1 N–H and O–H groups in total. The molecule has 2 unspecified atom stereocenters. The number of likely N-dealkylation sites (N-methyl/N-ethyl adjacent to an activating group) is 2. The van der Waals surface area contributed by atoms with Gasteiger partial charge >= 0.3 is 0 Å². The number of aryl methyl sites for hydroxylation is 1. The highest BCUT2D eigenvalue weighted by atomic mass is 16.4. The van der Waals surface area contributed by atoms with Crippen molar-refractivity contribution in [2.75, 3.05) is 33.7 Å². The minimum Gasteiger partial charge on any atom is -0.458 e. The van der Waals surface area contributed by atoms with Crippen LogP contribution in [0.15, 0.2) is 28.7 Å². The Morgan fingerprint density at radius 2 is 2.14 bits per heavy atom. The quantitative estimate of drug-likeness (QED) is 0.941. The molecule has 0 amide bonds. The molecule has 1 fully saturated rings. The molecule has 2 atom stereocenters. The number of piperazine rings is 1. The highest BCUT2D eigenvalue weighted by Gasteiger charge is 2.26. The summed E-state index contributed by atoms with van der Waals surface area (Å²) < 4.78 is 5.88. The Balaban J connectivity index is 1.77. The number of fused-ring (bicyclic) bond motifs is 1. The number of rotatable bonds is 3. The molecule has 1 aliphatic rings. The van der Waals surface area contributed by atoms with Crippen LogP contribution in [-0.2, 0) is 0 Å². The van der Waals surface area contributed by atoms with Crippen molar-refractivity contribution >= 4 is 11.0 Å². The van der Waals surface area contributed by atoms with E-state index in [1.54, 1.807) is 0 Å². The molecule has 0 saturated carbocycles. The van der Waals surface area contributed by atoms with Gasteiger partial charge in [0, 0.05) is 31.1 Å². The van der Waals surface area contributed by atoms with Gasteiger partial charge in [-0.1, -0.05) is 18.2 Å². The number of aliphatic hydroxyl groups is 1. The summed E-state index contributed by atoms with van der Waals surface area (Å²) in [5.41, 5.74) is 2.00. The molecule has 1 aromatic heterocycles. The molecular formula is C17H24N2O2. The van der Waals surface area contributed by atoms with E-state index in [0.717, 1.165) is 36.2 Å². The number of para-hydroxylation sites is 1. The summed E-state index contributed by atoms with van der Waals surface area (Å²) in [6.45, 7) is 5.17. The predicted molar refractivity (Wildman–Crippen MR) is 84.4 cm³/mol. The van der Waals surface area contributed by atoms with Gasteiger partial charge in [-0.15, -0.1) is 0 Å². The molecule has 3 rings (SSSR count). The Hall–Kier alpha value is -1.36. The van der Waals surface area contributed by atoms with Crippen LogP contribution in [0.5, 0.6) is 0 Å². The lowest BCUT2D eigenvalue weighted by Gasteiger charge is -2.38. The average Bonchev–Trinajstić information content (AvgIpc) is 2.88. The van der Waals surface area contributed by atoms with Crippen molar-refractivity contribution in [3.8, 4) is 0 Å². The first-order valence-electron chi connectivity index (χ1n) is 7.60. The lowest BCUT2D eigenvalue weighted by atomic mass is 10.0. The predicted octanol–water partition coefficient (Wildman–Crippen LogP) is 2.41. The van der Waals surface area contributed by atoms with Gasteiger partial charge in [0.15, 0.2) is 0 Å². The number of hydrogen-bond donors (Lipinski definition) is 1. The number of furan rings is 1. The van der Waals surface area contributed by atoms with Crippen molar-refractivity contribution in [2.45, 2.75) is 25.5 Å². The van der Waals surface area contributed by atoms with E-state index in [1.807, 2.05) is 31.2 Å². The van der Waals surface area contributed by atoms with Crippen LogP contribution in [0.2, 0.25) is 0 Å². The number of aliphatic hydroxyl groups excluding tert-OH is 1. The van der Waals surface area contributed by atoms with Gasteiger partial charge in [-0.3, -0.25) is 0 Å². The molecule has 4 heteroatoms. The summed E-state index contributed by atoms with van der Waals surface area (Å²) >= 11 is 0. The molecule has 21 heavy (non-hydrogen) atoms. The Morgan fingerprint density at radius 3 is 2.90 bits per heavy atom. The van der Waals surface area contributed by atoms with E-state index >= 15 is 0 Å². The third-order valence-electron chi connectivity index (χ3n) is 4.56. The molecule has 1 aromatic carbocycles. The summed E-state index contributed by atoms with van der Waals surface area (Å²) in [6.07, 6.45) is 0.162. The van der Waals surface area contributed by atoms with Crippen molar-refractivity contribution in [3.05, 3.63) is 35.6 Å². The molecule has 0 radical (unpaired) electrons. The minimum absolute atomic E-state index is 0.369. The SMILES string of the molecule is Cc1cccc2cc(C(O)CC3CN(C)CCN3C)oc12. The summed E-state index contributed by atoms with van der Waals surface area (Å²) in [5.74, 6) is 0.681. The largest absolute Gasteiger partial charge is 0.458 e. The molecule has 0 bridgehead atoms. The van der Waals surface area contributed by atoms with E-state index in [9.17, 15) is 5.11 Å². The maximum absolute atomic E-state index is 10.5. The number of hydrogen-bond acceptors (Lipinski definition) is 4. The van der Waals surface area contributed by atoms with E-state index in [4.69, 9.17) is 4.42 Å². The second kappa shape index (κ2) is 5.79. The van der Waals surface area contributed by atoms with Crippen molar-refractivity contribution < 1.29 is 9.52 Å². The van der Waals surface area contributed by atoms with Gasteiger partial charge in [0.2, 0.25) is 0 Å². The molecule has 1 aliphatic heterocycles. The smallest absolute Gasteiger partial charge is 0.137 e. The van der Waals surface area contributed by atoms with E-state index in [0.29, 0.717) is 18.2 Å². The lowest BCUT2D eigenvalue weighted by Crippen LogP contribution is -2.50. The zero-order valence-corrected chi connectivity index (χ0v) is 13.0. The topological polar surface area (TPSA) is 39.9 Å². The molecule has 2 aromatic rings. The molecule has 0 spiro atoms. The van der Waals surface area contributed by atoms with Crippen molar-refractivity contribution in [1.29, 1.82) is 0 Å². The van der Waals surface area contributed by atoms with E-state index in [-0.39, 0.29) is 0 Å². The third kappa shape index (κ3) is 2.98. The monoisotopic (exact) mass is 288 g/mol. The second-order valence-electron chi connectivity index (χ2n) is 6.29. The van der Waals surface area contributed by atoms with E-state index < -0.39 is 6.10 Å². The summed E-state index contributed by atoms with van der Waals surface area (Å²) in [7, 11) is 4.27. The number of nitrogens with zero attached hydrogens (tertiary/aromatic N) is 2. The molecule has 1 saturated heterocycles. The number of benzene rings is 1. The van der Waals surface area contributed by atoms with Crippen molar-refractivity contribution in [2.24, 2.45) is 0 Å². The lowest BCUT2D eigenvalue weighted by molar-refractivity contribution is 0.0554. The first-order chi connectivity index (χ1) is 10.0. The summed E-state index contributed by atoms with van der Waals surface area (Å²) in [5, 5.41) is 11.6. The zero-order valence-electron chi connectivity index (χ0n) is 13.0. The van der Waals surface area contributed by atoms with Crippen LogP contribution >= 0.6 is 0 Å². The van der Waals surface area contributed by atoms with Gasteiger partial charge in [-0.05, 0) is 39.1 Å². The first kappa shape index (κ1) is 14.6. The highest BCUT2D eigenvalue weighted by molar-refractivity contribution is 5.80. The zero-order chi connectivity index (χ0) is 15.0. The summed E-state index contributed by atoms with van der Waals surface area (Å²) in [6, 6.07) is 8.43.